The van der Waals surface area contributed by atoms with Crippen molar-refractivity contribution in [2.24, 2.45) is 7.05 Å². The molecule has 0 aliphatic rings. The van der Waals surface area contributed by atoms with Crippen LogP contribution in [0.3, 0.4) is 0 Å². The maximum atomic E-state index is 14.0. The second kappa shape index (κ2) is 11.9. The molecular weight excluding hydrogens is 530 g/mol. The van der Waals surface area contributed by atoms with Gasteiger partial charge in [0.2, 0.25) is 5.95 Å². The predicted molar refractivity (Wildman–Crippen MR) is 144 cm³/mol. The first-order valence-corrected chi connectivity index (χ1v) is 12.7. The highest BCUT2D eigenvalue weighted by atomic mass is 19.1. The standard InChI is InChI=1S/C30H24F2N6O3/c1-18(24-14-23(31)17-35-30(24)32)41-28(40)15-26-29(36-37-38(26)2)25-8-7-22(16-34-25)27(39)13-19-3-5-20(6-4-19)21-9-11-33-12-10-21/h3-12,14,16-18H,13,15H2,1-2H3/t18-/m1/s1. The fraction of sp³-hybridized carbons (Fsp3) is 0.167. The largest absolute Gasteiger partial charge is 0.457 e. The first-order chi connectivity index (χ1) is 19.8. The first kappa shape index (κ1) is 27.4. The predicted octanol–water partition coefficient (Wildman–Crippen LogP) is 4.88. The fourth-order valence-corrected chi connectivity index (χ4v) is 4.28. The third-order valence-corrected chi connectivity index (χ3v) is 6.49. The van der Waals surface area contributed by atoms with Crippen molar-refractivity contribution in [3.05, 3.63) is 114 Å². The minimum Gasteiger partial charge on any atom is -0.457 e. The van der Waals surface area contributed by atoms with E-state index in [9.17, 15) is 18.4 Å². The molecule has 1 aromatic carbocycles. The summed E-state index contributed by atoms with van der Waals surface area (Å²) < 4.78 is 34.2. The summed E-state index contributed by atoms with van der Waals surface area (Å²) in [5.74, 6) is -2.46. The number of hydrogen-bond acceptors (Lipinski definition) is 8. The van der Waals surface area contributed by atoms with Gasteiger partial charge in [-0.2, -0.15) is 4.39 Å². The van der Waals surface area contributed by atoms with Crippen LogP contribution >= 0.6 is 0 Å². The molecule has 1 atom stereocenters. The van der Waals surface area contributed by atoms with E-state index in [0.717, 1.165) is 29.0 Å². The Morgan fingerprint density at radius 2 is 1.66 bits per heavy atom. The van der Waals surface area contributed by atoms with Crippen LogP contribution < -0.4 is 0 Å². The summed E-state index contributed by atoms with van der Waals surface area (Å²) in [5, 5.41) is 8.09. The van der Waals surface area contributed by atoms with Gasteiger partial charge in [-0.05, 0) is 53.9 Å². The summed E-state index contributed by atoms with van der Waals surface area (Å²) in [6.45, 7) is 1.42. The average molecular weight is 555 g/mol. The molecule has 0 bridgehead atoms. The Balaban J connectivity index is 1.24. The van der Waals surface area contributed by atoms with E-state index in [-0.39, 0.29) is 24.2 Å². The minimum absolute atomic E-state index is 0.100. The molecule has 0 saturated heterocycles. The van der Waals surface area contributed by atoms with Gasteiger partial charge in [0.25, 0.3) is 0 Å². The number of ketones is 1. The second-order valence-electron chi connectivity index (χ2n) is 9.32. The highest BCUT2D eigenvalue weighted by molar-refractivity contribution is 5.97. The van der Waals surface area contributed by atoms with Crippen molar-refractivity contribution in [2.45, 2.75) is 25.9 Å². The SMILES string of the molecule is C[C@@H](OC(=O)Cc1c(-c2ccc(C(=O)Cc3ccc(-c4ccncc4)cc3)cn2)nnn1C)c1cc(F)cnc1F. The number of aromatic nitrogens is 6. The quantitative estimate of drug-likeness (QED) is 0.144. The molecule has 206 valence electrons. The number of rotatable bonds is 9. The van der Waals surface area contributed by atoms with E-state index in [4.69, 9.17) is 4.74 Å². The number of Topliss-reactive ketones (excluding diaryl/α,β-unsaturated/α-hetero) is 1. The van der Waals surface area contributed by atoms with Gasteiger partial charge >= 0.3 is 5.97 Å². The van der Waals surface area contributed by atoms with E-state index < -0.39 is 23.8 Å². The highest BCUT2D eigenvalue weighted by Gasteiger charge is 2.22. The van der Waals surface area contributed by atoms with Crippen LogP contribution in [0, 0.1) is 11.8 Å². The van der Waals surface area contributed by atoms with E-state index in [2.05, 4.69) is 25.3 Å². The maximum Gasteiger partial charge on any atom is 0.312 e. The lowest BCUT2D eigenvalue weighted by Crippen LogP contribution is -2.15. The lowest BCUT2D eigenvalue weighted by molar-refractivity contribution is -0.148. The average Bonchev–Trinajstić information content (AvgIpc) is 3.34. The van der Waals surface area contributed by atoms with Crippen molar-refractivity contribution in [3.63, 3.8) is 0 Å². The van der Waals surface area contributed by atoms with Gasteiger partial charge in [-0.3, -0.25) is 24.2 Å². The van der Waals surface area contributed by atoms with Gasteiger partial charge in [0.05, 0.1) is 29.6 Å². The number of pyridine rings is 3. The number of esters is 1. The number of nitrogens with zero attached hydrogens (tertiary/aromatic N) is 6. The molecule has 0 saturated carbocycles. The fourth-order valence-electron chi connectivity index (χ4n) is 4.28. The van der Waals surface area contributed by atoms with Crippen molar-refractivity contribution in [3.8, 4) is 22.5 Å². The Bertz CT molecular complexity index is 1690. The molecule has 0 aliphatic carbocycles. The Kier molecular flexibility index (Phi) is 7.95. The van der Waals surface area contributed by atoms with E-state index in [1.54, 1.807) is 31.6 Å². The van der Waals surface area contributed by atoms with Crippen LogP contribution in [-0.2, 0) is 29.4 Å². The zero-order chi connectivity index (χ0) is 28.9. The van der Waals surface area contributed by atoms with E-state index >= 15 is 0 Å². The summed E-state index contributed by atoms with van der Waals surface area (Å²) >= 11 is 0. The van der Waals surface area contributed by atoms with Crippen molar-refractivity contribution in [2.75, 3.05) is 0 Å². The lowest BCUT2D eigenvalue weighted by atomic mass is 10.0. The molecule has 0 fully saturated rings. The number of carbonyl (C=O) groups excluding carboxylic acids is 2. The number of hydrogen-bond donors (Lipinski definition) is 0. The third-order valence-electron chi connectivity index (χ3n) is 6.49. The van der Waals surface area contributed by atoms with Gasteiger partial charge in [-0.25, -0.2) is 9.37 Å². The molecule has 9 nitrogen and oxygen atoms in total. The Morgan fingerprint density at radius 3 is 2.37 bits per heavy atom. The zero-order valence-electron chi connectivity index (χ0n) is 22.2. The Hall–Kier alpha value is -5.19. The van der Waals surface area contributed by atoms with Crippen LogP contribution in [0.1, 0.15) is 40.2 Å². The zero-order valence-corrected chi connectivity index (χ0v) is 22.2. The van der Waals surface area contributed by atoms with Gasteiger partial charge < -0.3 is 4.74 Å². The minimum atomic E-state index is -1.06. The van der Waals surface area contributed by atoms with Gasteiger partial charge in [-0.1, -0.05) is 29.5 Å². The van der Waals surface area contributed by atoms with Gasteiger partial charge in [0.1, 0.15) is 17.6 Å². The Morgan fingerprint density at radius 1 is 0.927 bits per heavy atom. The van der Waals surface area contributed by atoms with Crippen LogP contribution in [0.25, 0.3) is 22.5 Å². The van der Waals surface area contributed by atoms with Gasteiger partial charge in [0.15, 0.2) is 5.78 Å². The molecule has 41 heavy (non-hydrogen) atoms. The molecule has 0 radical (unpaired) electrons. The number of aryl methyl sites for hydroxylation is 1. The topological polar surface area (TPSA) is 113 Å². The van der Waals surface area contributed by atoms with E-state index in [1.807, 2.05) is 36.4 Å². The van der Waals surface area contributed by atoms with Crippen molar-refractivity contribution in [1.82, 2.24) is 29.9 Å². The molecule has 5 rings (SSSR count). The van der Waals surface area contributed by atoms with Crippen LogP contribution in [0.5, 0.6) is 0 Å². The lowest BCUT2D eigenvalue weighted by Gasteiger charge is -2.14. The summed E-state index contributed by atoms with van der Waals surface area (Å²) in [6.07, 6.45) is 4.57. The molecule has 0 aliphatic heterocycles. The molecule has 4 aromatic heterocycles. The molecule has 5 aromatic rings. The third kappa shape index (κ3) is 6.35. The van der Waals surface area contributed by atoms with Crippen LogP contribution in [0.4, 0.5) is 8.78 Å². The molecular formula is C30H24F2N6O3. The van der Waals surface area contributed by atoms with Crippen LogP contribution in [-0.4, -0.2) is 41.7 Å². The van der Waals surface area contributed by atoms with E-state index in [0.29, 0.717) is 22.6 Å². The van der Waals surface area contributed by atoms with Crippen LogP contribution in [0.15, 0.2) is 79.4 Å². The van der Waals surface area contributed by atoms with Gasteiger partial charge in [-0.15, -0.1) is 5.10 Å². The maximum absolute atomic E-state index is 14.0. The van der Waals surface area contributed by atoms with Crippen LogP contribution in [0.2, 0.25) is 0 Å². The molecule has 0 unspecified atom stereocenters. The highest BCUT2D eigenvalue weighted by Crippen LogP contribution is 2.24. The normalized spacial score (nSPS) is 11.7. The Labute approximate surface area is 233 Å². The number of benzene rings is 1. The van der Waals surface area contributed by atoms with Crippen molar-refractivity contribution < 1.29 is 23.1 Å². The van der Waals surface area contributed by atoms with Crippen molar-refractivity contribution in [1.29, 1.82) is 0 Å². The summed E-state index contributed by atoms with van der Waals surface area (Å²) in [7, 11) is 1.61. The molecule has 0 amide bonds. The summed E-state index contributed by atoms with van der Waals surface area (Å²) in [5.41, 5.74) is 4.35. The second-order valence-corrected chi connectivity index (χ2v) is 9.32. The first-order valence-electron chi connectivity index (χ1n) is 12.7. The number of carbonyl (C=O) groups is 2. The van der Waals surface area contributed by atoms with Gasteiger partial charge in [0, 0.05) is 37.6 Å². The van der Waals surface area contributed by atoms with Crippen molar-refractivity contribution >= 4 is 11.8 Å². The smallest absolute Gasteiger partial charge is 0.312 e. The molecule has 11 heteroatoms. The summed E-state index contributed by atoms with van der Waals surface area (Å²) in [6, 6.07) is 15.8. The number of ether oxygens (including phenoxy) is 1. The number of halogens is 2. The molecule has 0 N–H and O–H groups in total. The summed E-state index contributed by atoms with van der Waals surface area (Å²) in [4.78, 5) is 37.3. The molecule has 0 spiro atoms. The monoisotopic (exact) mass is 554 g/mol. The molecule has 4 heterocycles. The van der Waals surface area contributed by atoms with E-state index in [1.165, 1.54) is 17.8 Å².